The molecule has 0 N–H and O–H groups in total. The Morgan fingerprint density at radius 1 is 0.763 bits per heavy atom. The molecule has 0 heterocycles. The predicted octanol–water partition coefficient (Wildman–Crippen LogP) is 8.69. The van der Waals surface area contributed by atoms with E-state index in [1.807, 2.05) is 6.92 Å². The molecule has 0 atom stereocenters. The second kappa shape index (κ2) is 12.1. The maximum atomic E-state index is 13.8. The summed E-state index contributed by atoms with van der Waals surface area (Å²) >= 11 is 3.05. The molecule has 1 aromatic rings. The Morgan fingerprint density at radius 2 is 1.32 bits per heavy atom. The zero-order valence-corrected chi connectivity index (χ0v) is 20.8. The number of benzene rings is 1. The Labute approximate surface area is 215 Å². The number of carbonyl (C=O) groups is 1. The molecule has 0 radical (unpaired) electrons. The van der Waals surface area contributed by atoms with Crippen LogP contribution in [0.3, 0.4) is 0 Å². The van der Waals surface area contributed by atoms with Gasteiger partial charge in [0, 0.05) is 0 Å². The molecule has 0 unspecified atom stereocenters. The van der Waals surface area contributed by atoms with E-state index in [1.54, 1.807) is 0 Å². The van der Waals surface area contributed by atoms with Crippen LogP contribution in [0.25, 0.3) is 0 Å². The first kappa shape index (κ1) is 34.1. The molecule has 1 rings (SSSR count). The number of alkyl halides is 13. The van der Waals surface area contributed by atoms with Crippen LogP contribution in [0.4, 0.5) is 57.1 Å². The van der Waals surface area contributed by atoms with Crippen molar-refractivity contribution in [2.75, 3.05) is 13.2 Å². The van der Waals surface area contributed by atoms with Gasteiger partial charge < -0.3 is 9.47 Å². The lowest BCUT2D eigenvalue weighted by Crippen LogP contribution is -2.70. The van der Waals surface area contributed by atoms with Gasteiger partial charge in [0.25, 0.3) is 0 Å². The highest BCUT2D eigenvalue weighted by Crippen LogP contribution is 2.60. The smallest absolute Gasteiger partial charge is 0.460 e. The van der Waals surface area contributed by atoms with Crippen molar-refractivity contribution in [1.29, 1.82) is 0 Å². The molecule has 220 valence electrons. The zero-order valence-electron chi connectivity index (χ0n) is 19.2. The van der Waals surface area contributed by atoms with Crippen LogP contribution in [0, 0.1) is 0 Å². The number of carbonyl (C=O) groups excluding carboxylic acids is 1. The van der Waals surface area contributed by atoms with E-state index in [0.717, 1.165) is 31.4 Å². The molecule has 0 saturated heterocycles. The lowest BCUT2D eigenvalue weighted by Gasteiger charge is -2.39. The number of hydrogen-bond donors (Lipinski definition) is 0. The average molecular weight is 647 g/mol. The molecule has 3 nitrogen and oxygen atoms in total. The molecule has 0 aliphatic carbocycles. The number of halogens is 14. The fourth-order valence-electron chi connectivity index (χ4n) is 2.77. The summed E-state index contributed by atoms with van der Waals surface area (Å²) < 4.78 is 180. The van der Waals surface area contributed by atoms with E-state index in [-0.39, 0.29) is 15.8 Å². The molecule has 0 fully saturated rings. The van der Waals surface area contributed by atoms with E-state index >= 15 is 0 Å². The highest BCUT2D eigenvalue weighted by atomic mass is 79.9. The Morgan fingerprint density at radius 3 is 1.82 bits per heavy atom. The van der Waals surface area contributed by atoms with Crippen LogP contribution in [0.2, 0.25) is 0 Å². The Bertz CT molecular complexity index is 949. The van der Waals surface area contributed by atoms with Crippen LogP contribution in [-0.2, 0) is 4.74 Å². The first-order valence-corrected chi connectivity index (χ1v) is 11.4. The molecular weight excluding hydrogens is 627 g/mol. The molecular formula is C21H20BrF13O3. The first-order chi connectivity index (χ1) is 17.1. The third kappa shape index (κ3) is 6.79. The summed E-state index contributed by atoms with van der Waals surface area (Å²) in [5, 5.41) is 0. The van der Waals surface area contributed by atoms with Gasteiger partial charge in [-0.1, -0.05) is 26.2 Å². The summed E-state index contributed by atoms with van der Waals surface area (Å²) in [4.78, 5) is 12.0. The van der Waals surface area contributed by atoms with E-state index in [2.05, 4.69) is 20.7 Å². The normalized spacial score (nSPS) is 14.0. The standard InChI is InChI=1S/C21H20BrF13O3/c1-2-3-4-5-9-37-14-7-6-12(11-13(14)22)15(36)38-10-8-16(23,24)17(25,26)18(27,28)19(29,30)20(31,32)21(33,34)35/h6-7,11H,2-5,8-10H2,1H3. The highest BCUT2D eigenvalue weighted by Gasteiger charge is 2.90. The minimum Gasteiger partial charge on any atom is -0.492 e. The van der Waals surface area contributed by atoms with Crippen LogP contribution in [0.5, 0.6) is 5.75 Å². The molecule has 38 heavy (non-hydrogen) atoms. The van der Waals surface area contributed by atoms with Gasteiger partial charge in [0.05, 0.1) is 29.7 Å². The molecule has 0 aliphatic heterocycles. The van der Waals surface area contributed by atoms with Gasteiger partial charge in [-0.15, -0.1) is 0 Å². The summed E-state index contributed by atoms with van der Waals surface area (Å²) in [7, 11) is 0. The van der Waals surface area contributed by atoms with Gasteiger partial charge in [0.1, 0.15) is 5.75 Å². The van der Waals surface area contributed by atoms with Gasteiger partial charge in [-0.3, -0.25) is 0 Å². The quantitative estimate of drug-likeness (QED) is 0.115. The summed E-state index contributed by atoms with van der Waals surface area (Å²) in [6.45, 7) is 0.478. The highest BCUT2D eigenvalue weighted by molar-refractivity contribution is 9.10. The van der Waals surface area contributed by atoms with Crippen molar-refractivity contribution in [3.63, 3.8) is 0 Å². The van der Waals surface area contributed by atoms with Crippen LogP contribution in [-0.4, -0.2) is 55.0 Å². The van der Waals surface area contributed by atoms with Crippen LogP contribution in [0.1, 0.15) is 49.4 Å². The van der Waals surface area contributed by atoms with Gasteiger partial charge in [-0.25, -0.2) is 4.79 Å². The van der Waals surface area contributed by atoms with Gasteiger partial charge in [0.2, 0.25) is 0 Å². The lowest BCUT2D eigenvalue weighted by atomic mass is 9.93. The lowest BCUT2D eigenvalue weighted by molar-refractivity contribution is -0.440. The molecule has 0 saturated carbocycles. The molecule has 0 aromatic heterocycles. The summed E-state index contributed by atoms with van der Waals surface area (Å²) in [5.41, 5.74) is -0.382. The third-order valence-corrected chi connectivity index (χ3v) is 5.69. The van der Waals surface area contributed by atoms with E-state index in [4.69, 9.17) is 4.74 Å². The minimum atomic E-state index is -7.98. The van der Waals surface area contributed by atoms with Crippen molar-refractivity contribution < 1.29 is 71.3 Å². The third-order valence-electron chi connectivity index (χ3n) is 5.07. The SMILES string of the molecule is CCCCCCOc1ccc(C(=O)OCCC(F)(F)C(F)(F)C(F)(F)C(F)(F)C(F)(F)C(F)(F)F)cc1Br. The predicted molar refractivity (Wildman–Crippen MR) is 109 cm³/mol. The number of esters is 1. The van der Waals surface area contributed by atoms with E-state index < -0.39 is 54.8 Å². The number of unbranched alkanes of at least 4 members (excludes halogenated alkanes) is 3. The maximum Gasteiger partial charge on any atom is 0.460 e. The minimum absolute atomic E-state index is 0.173. The van der Waals surface area contributed by atoms with E-state index in [9.17, 15) is 61.9 Å². The van der Waals surface area contributed by atoms with Crippen molar-refractivity contribution in [3.8, 4) is 5.75 Å². The second-order valence-corrected chi connectivity index (χ2v) is 8.79. The fourth-order valence-corrected chi connectivity index (χ4v) is 3.26. The molecule has 0 aliphatic rings. The van der Waals surface area contributed by atoms with Crippen LogP contribution < -0.4 is 4.74 Å². The summed E-state index contributed by atoms with van der Waals surface area (Å²) in [5.74, 6) is -38.6. The van der Waals surface area contributed by atoms with Crippen molar-refractivity contribution in [2.45, 2.75) is 74.8 Å². The van der Waals surface area contributed by atoms with Crippen molar-refractivity contribution in [2.24, 2.45) is 0 Å². The van der Waals surface area contributed by atoms with Crippen LogP contribution in [0.15, 0.2) is 22.7 Å². The monoisotopic (exact) mass is 646 g/mol. The largest absolute Gasteiger partial charge is 0.492 e. The topological polar surface area (TPSA) is 35.5 Å². The summed E-state index contributed by atoms with van der Waals surface area (Å²) in [6, 6.07) is 3.35. The number of rotatable bonds is 14. The van der Waals surface area contributed by atoms with Gasteiger partial charge >= 0.3 is 41.8 Å². The Balaban J connectivity index is 2.91. The molecule has 1 aromatic carbocycles. The Kier molecular flexibility index (Phi) is 10.8. The van der Waals surface area contributed by atoms with E-state index in [0.29, 0.717) is 13.0 Å². The van der Waals surface area contributed by atoms with Crippen molar-refractivity contribution >= 4 is 21.9 Å². The van der Waals surface area contributed by atoms with Crippen molar-refractivity contribution in [3.05, 3.63) is 28.2 Å². The van der Waals surface area contributed by atoms with E-state index in [1.165, 1.54) is 6.07 Å². The van der Waals surface area contributed by atoms with Gasteiger partial charge in [0.15, 0.2) is 0 Å². The van der Waals surface area contributed by atoms with Crippen LogP contribution >= 0.6 is 15.9 Å². The number of hydrogen-bond acceptors (Lipinski definition) is 3. The zero-order chi connectivity index (χ0) is 29.8. The molecule has 0 bridgehead atoms. The average Bonchev–Trinajstić information content (AvgIpc) is 2.78. The molecule has 0 amide bonds. The number of ether oxygens (including phenoxy) is 2. The summed E-state index contributed by atoms with van der Waals surface area (Å²) in [6.07, 6.45) is -6.56. The Hall–Kier alpha value is -1.94. The van der Waals surface area contributed by atoms with Gasteiger partial charge in [-0.2, -0.15) is 57.1 Å². The maximum absolute atomic E-state index is 13.8. The van der Waals surface area contributed by atoms with Crippen molar-refractivity contribution in [1.82, 2.24) is 0 Å². The molecule has 0 spiro atoms. The fraction of sp³-hybridized carbons (Fsp3) is 0.667. The first-order valence-electron chi connectivity index (χ1n) is 10.6. The second-order valence-electron chi connectivity index (χ2n) is 7.94. The molecule has 17 heteroatoms. The van der Waals surface area contributed by atoms with Gasteiger partial charge in [-0.05, 0) is 40.5 Å².